The lowest BCUT2D eigenvalue weighted by atomic mass is 9.95. The molecule has 1 aromatic heterocycles. The Morgan fingerprint density at radius 2 is 1.92 bits per heavy atom. The zero-order chi connectivity index (χ0) is 18.7. The van der Waals surface area contributed by atoms with Gasteiger partial charge in [-0.1, -0.05) is 6.07 Å². The van der Waals surface area contributed by atoms with Gasteiger partial charge in [-0.25, -0.2) is 9.78 Å². The first-order valence-electron chi connectivity index (χ1n) is 7.53. The van der Waals surface area contributed by atoms with Crippen LogP contribution in [0.3, 0.4) is 0 Å². The molecular formula is C15H16F3NO5S. The van der Waals surface area contributed by atoms with Crippen LogP contribution in [0.15, 0.2) is 24.0 Å². The average molecular weight is 379 g/mol. The number of carbonyl (C=O) groups is 1. The SMILES string of the molecule is CCOC(=O)c1cccc(C2=C(OS(=O)(=O)C(F)(F)F)CCCC2)n1. The lowest BCUT2D eigenvalue weighted by Gasteiger charge is -2.20. The third-order valence-electron chi connectivity index (χ3n) is 3.45. The highest BCUT2D eigenvalue weighted by Crippen LogP contribution is 2.36. The molecule has 10 heteroatoms. The second-order valence-corrected chi connectivity index (χ2v) is 6.76. The molecule has 1 aliphatic rings. The van der Waals surface area contributed by atoms with Crippen LogP contribution in [-0.2, 0) is 19.0 Å². The summed E-state index contributed by atoms with van der Waals surface area (Å²) in [4.78, 5) is 15.8. The lowest BCUT2D eigenvalue weighted by molar-refractivity contribution is -0.0523. The second-order valence-electron chi connectivity index (χ2n) is 5.22. The van der Waals surface area contributed by atoms with Crippen LogP contribution in [0, 0.1) is 0 Å². The molecule has 138 valence electrons. The van der Waals surface area contributed by atoms with E-state index in [4.69, 9.17) is 4.74 Å². The Labute approximate surface area is 142 Å². The number of carbonyl (C=O) groups excluding carboxylic acids is 1. The number of halogens is 3. The molecule has 0 bridgehead atoms. The minimum absolute atomic E-state index is 0.0181. The average Bonchev–Trinajstić information content (AvgIpc) is 2.54. The topological polar surface area (TPSA) is 82.6 Å². The molecule has 25 heavy (non-hydrogen) atoms. The van der Waals surface area contributed by atoms with Crippen LogP contribution in [0.5, 0.6) is 0 Å². The number of esters is 1. The molecule has 0 unspecified atom stereocenters. The van der Waals surface area contributed by atoms with Gasteiger partial charge in [0.2, 0.25) is 0 Å². The Morgan fingerprint density at radius 1 is 1.24 bits per heavy atom. The number of ether oxygens (including phenoxy) is 1. The lowest BCUT2D eigenvalue weighted by Crippen LogP contribution is -2.26. The molecule has 0 aromatic carbocycles. The van der Waals surface area contributed by atoms with Crippen LogP contribution >= 0.6 is 0 Å². The van der Waals surface area contributed by atoms with Gasteiger partial charge in [-0.3, -0.25) is 0 Å². The third kappa shape index (κ3) is 4.50. The molecule has 0 fully saturated rings. The Balaban J connectivity index is 2.42. The van der Waals surface area contributed by atoms with Crippen molar-refractivity contribution in [3.8, 4) is 0 Å². The van der Waals surface area contributed by atoms with Gasteiger partial charge in [0.25, 0.3) is 0 Å². The highest BCUT2D eigenvalue weighted by atomic mass is 32.2. The maximum Gasteiger partial charge on any atom is 0.534 e. The van der Waals surface area contributed by atoms with E-state index in [2.05, 4.69) is 9.17 Å². The molecule has 2 rings (SSSR count). The first-order valence-corrected chi connectivity index (χ1v) is 8.94. The molecule has 0 radical (unpaired) electrons. The van der Waals surface area contributed by atoms with Crippen molar-refractivity contribution >= 4 is 21.7 Å². The minimum Gasteiger partial charge on any atom is -0.461 e. The van der Waals surface area contributed by atoms with Crippen molar-refractivity contribution in [2.75, 3.05) is 6.61 Å². The molecule has 0 spiro atoms. The third-order valence-corrected chi connectivity index (χ3v) is 4.44. The van der Waals surface area contributed by atoms with Crippen molar-refractivity contribution in [3.63, 3.8) is 0 Å². The maximum absolute atomic E-state index is 12.6. The molecule has 1 aromatic rings. The second kappa shape index (κ2) is 7.42. The summed E-state index contributed by atoms with van der Waals surface area (Å²) in [6.07, 6.45) is 1.46. The van der Waals surface area contributed by atoms with Crippen LogP contribution < -0.4 is 0 Å². The van der Waals surface area contributed by atoms with E-state index in [9.17, 15) is 26.4 Å². The standard InChI is InChI=1S/C15H16F3NO5S/c1-2-23-14(20)12-8-5-7-11(19-12)10-6-3-4-9-13(10)24-25(21,22)15(16,17)18/h5,7-8H,2-4,6,9H2,1H3. The maximum atomic E-state index is 12.6. The quantitative estimate of drug-likeness (QED) is 0.443. The van der Waals surface area contributed by atoms with Crippen molar-refractivity contribution in [1.82, 2.24) is 4.98 Å². The van der Waals surface area contributed by atoms with Crippen LogP contribution in [0.2, 0.25) is 0 Å². The summed E-state index contributed by atoms with van der Waals surface area (Å²) in [5.41, 5.74) is -5.10. The smallest absolute Gasteiger partial charge is 0.461 e. The monoisotopic (exact) mass is 379 g/mol. The molecule has 0 N–H and O–H groups in total. The summed E-state index contributed by atoms with van der Waals surface area (Å²) >= 11 is 0. The van der Waals surface area contributed by atoms with Gasteiger partial charge in [0.1, 0.15) is 11.5 Å². The van der Waals surface area contributed by atoms with Gasteiger partial charge < -0.3 is 8.92 Å². The largest absolute Gasteiger partial charge is 0.534 e. The summed E-state index contributed by atoms with van der Waals surface area (Å²) < 4.78 is 69.4. The molecule has 0 atom stereocenters. The number of aromatic nitrogens is 1. The van der Waals surface area contributed by atoms with E-state index in [1.807, 2.05) is 0 Å². The van der Waals surface area contributed by atoms with Gasteiger partial charge in [0.05, 0.1) is 12.3 Å². The van der Waals surface area contributed by atoms with E-state index >= 15 is 0 Å². The number of alkyl halides is 3. The van der Waals surface area contributed by atoms with E-state index in [0.29, 0.717) is 19.3 Å². The van der Waals surface area contributed by atoms with Crippen LogP contribution in [0.1, 0.15) is 48.8 Å². The van der Waals surface area contributed by atoms with E-state index in [-0.39, 0.29) is 35.7 Å². The fourth-order valence-electron chi connectivity index (χ4n) is 2.34. The van der Waals surface area contributed by atoms with Crippen LogP contribution in [0.25, 0.3) is 5.57 Å². The number of nitrogens with zero attached hydrogens (tertiary/aromatic N) is 1. The number of hydrogen-bond acceptors (Lipinski definition) is 6. The van der Waals surface area contributed by atoms with Crippen molar-refractivity contribution in [3.05, 3.63) is 35.3 Å². The van der Waals surface area contributed by atoms with Gasteiger partial charge >= 0.3 is 21.6 Å². The number of hydrogen-bond donors (Lipinski definition) is 0. The first-order chi connectivity index (χ1) is 11.7. The highest BCUT2D eigenvalue weighted by Gasteiger charge is 2.49. The van der Waals surface area contributed by atoms with Gasteiger partial charge in [-0.15, -0.1) is 0 Å². The fraction of sp³-hybridized carbons (Fsp3) is 0.467. The molecule has 6 nitrogen and oxygen atoms in total. The van der Waals surface area contributed by atoms with E-state index in [1.54, 1.807) is 6.92 Å². The summed E-state index contributed by atoms with van der Waals surface area (Å²) in [7, 11) is -5.75. The molecule has 0 aliphatic heterocycles. The van der Waals surface area contributed by atoms with E-state index in [0.717, 1.165) is 0 Å². The molecular weight excluding hydrogens is 363 g/mol. The van der Waals surface area contributed by atoms with Crippen molar-refractivity contribution in [1.29, 1.82) is 0 Å². The zero-order valence-corrected chi connectivity index (χ0v) is 14.1. The predicted octanol–water partition coefficient (Wildman–Crippen LogP) is 3.41. The Morgan fingerprint density at radius 3 is 2.56 bits per heavy atom. The fourth-order valence-corrected chi connectivity index (χ4v) is 2.88. The number of allylic oxidation sites excluding steroid dienone is 2. The number of rotatable bonds is 5. The zero-order valence-electron chi connectivity index (χ0n) is 13.3. The van der Waals surface area contributed by atoms with Gasteiger partial charge in [0.15, 0.2) is 0 Å². The van der Waals surface area contributed by atoms with E-state index in [1.165, 1.54) is 18.2 Å². The van der Waals surface area contributed by atoms with Gasteiger partial charge in [0, 0.05) is 12.0 Å². The Kier molecular flexibility index (Phi) is 5.71. The van der Waals surface area contributed by atoms with Crippen molar-refractivity contribution in [2.45, 2.75) is 38.1 Å². The molecule has 1 aliphatic carbocycles. The summed E-state index contributed by atoms with van der Waals surface area (Å²) in [6.45, 7) is 1.77. The number of pyridine rings is 1. The molecule has 1 heterocycles. The highest BCUT2D eigenvalue weighted by molar-refractivity contribution is 7.87. The van der Waals surface area contributed by atoms with Crippen LogP contribution in [-0.4, -0.2) is 31.5 Å². The Hall–Kier alpha value is -2.10. The first kappa shape index (κ1) is 19.2. The van der Waals surface area contributed by atoms with E-state index < -0.39 is 21.6 Å². The molecule has 0 amide bonds. The van der Waals surface area contributed by atoms with Gasteiger partial charge in [-0.2, -0.15) is 21.6 Å². The van der Waals surface area contributed by atoms with Crippen molar-refractivity contribution < 1.29 is 35.3 Å². The molecule has 0 saturated heterocycles. The van der Waals surface area contributed by atoms with Crippen LogP contribution in [0.4, 0.5) is 13.2 Å². The predicted molar refractivity (Wildman–Crippen MR) is 81.6 cm³/mol. The normalized spacial score (nSPS) is 15.8. The van der Waals surface area contributed by atoms with Gasteiger partial charge in [-0.05, 0) is 38.3 Å². The minimum atomic E-state index is -5.75. The van der Waals surface area contributed by atoms with Crippen molar-refractivity contribution in [2.24, 2.45) is 0 Å². The molecule has 0 saturated carbocycles. The summed E-state index contributed by atoms with van der Waals surface area (Å²) in [5, 5.41) is 0. The Bertz CT molecular complexity index is 787. The summed E-state index contributed by atoms with van der Waals surface area (Å²) in [6, 6.07) is 4.37. The summed E-state index contributed by atoms with van der Waals surface area (Å²) in [5.74, 6) is -0.969.